The first kappa shape index (κ1) is 28.0. The van der Waals surface area contributed by atoms with Crippen molar-refractivity contribution in [1.82, 2.24) is 0 Å². The number of hydrogen-bond donors (Lipinski definition) is 2. The summed E-state index contributed by atoms with van der Waals surface area (Å²) in [6, 6.07) is 21.8. The Hall–Kier alpha value is -4.06. The second-order valence-corrected chi connectivity index (χ2v) is 10.1. The third-order valence-corrected chi connectivity index (χ3v) is 6.91. The predicted octanol–water partition coefficient (Wildman–Crippen LogP) is 8.20. The molecular weight excluding hydrogens is 490 g/mol. The molecule has 6 heteroatoms. The summed E-state index contributed by atoms with van der Waals surface area (Å²) in [5.41, 5.74) is 5.71. The fourth-order valence-corrected chi connectivity index (χ4v) is 4.88. The van der Waals surface area contributed by atoms with Gasteiger partial charge in [-0.3, -0.25) is 9.59 Å². The minimum atomic E-state index is -0.879. The molecular formula is C33H37NO5. The van der Waals surface area contributed by atoms with Crippen molar-refractivity contribution in [3.8, 4) is 17.1 Å². The number of unbranched alkanes of at least 4 members (excludes halogenated alkanes) is 1. The molecule has 0 aliphatic rings. The fourth-order valence-electron chi connectivity index (χ4n) is 4.88. The van der Waals surface area contributed by atoms with E-state index in [2.05, 4.69) is 50.4 Å². The van der Waals surface area contributed by atoms with Crippen molar-refractivity contribution < 1.29 is 23.8 Å². The van der Waals surface area contributed by atoms with E-state index in [1.165, 1.54) is 0 Å². The zero-order chi connectivity index (χ0) is 27.8. The molecule has 0 aliphatic carbocycles. The van der Waals surface area contributed by atoms with Crippen LogP contribution < -0.4 is 10.1 Å². The van der Waals surface area contributed by atoms with E-state index in [1.807, 2.05) is 30.3 Å². The van der Waals surface area contributed by atoms with Crippen molar-refractivity contribution in [2.24, 2.45) is 0 Å². The van der Waals surface area contributed by atoms with Crippen molar-refractivity contribution in [3.63, 3.8) is 0 Å². The Kier molecular flexibility index (Phi) is 9.42. The summed E-state index contributed by atoms with van der Waals surface area (Å²) in [6.45, 7) is 6.85. The van der Waals surface area contributed by atoms with Gasteiger partial charge in [0, 0.05) is 35.0 Å². The molecule has 3 aromatic carbocycles. The van der Waals surface area contributed by atoms with Gasteiger partial charge < -0.3 is 19.6 Å². The topological polar surface area (TPSA) is 88.8 Å². The van der Waals surface area contributed by atoms with Crippen LogP contribution in [0.4, 0.5) is 5.69 Å². The van der Waals surface area contributed by atoms with E-state index in [9.17, 15) is 9.59 Å². The van der Waals surface area contributed by atoms with Gasteiger partial charge in [0.2, 0.25) is 0 Å². The second-order valence-electron chi connectivity index (χ2n) is 10.1. The molecule has 0 aliphatic heterocycles. The van der Waals surface area contributed by atoms with Crippen LogP contribution in [-0.2, 0) is 4.79 Å². The number of anilines is 1. The van der Waals surface area contributed by atoms with Crippen molar-refractivity contribution in [2.45, 2.75) is 65.3 Å². The first-order chi connectivity index (χ1) is 18.8. The SMILES string of the molecule is CCCC[C@@H](COc1cc(C)c(-c2cc3ccccc3o2)c(C)c1)Nc1ccc(C(=O)CCCC(=O)O)cc1. The highest BCUT2D eigenvalue weighted by Gasteiger charge is 2.15. The molecule has 0 unspecified atom stereocenters. The third kappa shape index (κ3) is 7.50. The largest absolute Gasteiger partial charge is 0.491 e. The summed E-state index contributed by atoms with van der Waals surface area (Å²) in [6.07, 6.45) is 3.72. The number of rotatable bonds is 14. The van der Waals surface area contributed by atoms with Crippen LogP contribution in [0.5, 0.6) is 5.75 Å². The van der Waals surface area contributed by atoms with Crippen LogP contribution >= 0.6 is 0 Å². The number of carboxylic acids is 1. The molecule has 0 bridgehead atoms. The Morgan fingerprint density at radius 2 is 1.67 bits per heavy atom. The molecule has 204 valence electrons. The fraction of sp³-hybridized carbons (Fsp3) is 0.333. The van der Waals surface area contributed by atoms with E-state index in [4.69, 9.17) is 14.3 Å². The second kappa shape index (κ2) is 13.1. The number of aliphatic carboxylic acids is 1. The molecule has 0 amide bonds. The van der Waals surface area contributed by atoms with Gasteiger partial charge in [-0.1, -0.05) is 38.0 Å². The van der Waals surface area contributed by atoms with Gasteiger partial charge in [0.05, 0.1) is 6.04 Å². The maximum Gasteiger partial charge on any atom is 0.303 e. The van der Waals surface area contributed by atoms with E-state index >= 15 is 0 Å². The molecule has 1 heterocycles. The number of hydrogen-bond acceptors (Lipinski definition) is 5. The summed E-state index contributed by atoms with van der Waals surface area (Å²) in [5, 5.41) is 13.4. The molecule has 0 radical (unpaired) electrons. The van der Waals surface area contributed by atoms with Gasteiger partial charge in [0.1, 0.15) is 23.7 Å². The molecule has 6 nitrogen and oxygen atoms in total. The monoisotopic (exact) mass is 527 g/mol. The molecule has 0 saturated carbocycles. The Balaban J connectivity index is 1.40. The van der Waals surface area contributed by atoms with Crippen LogP contribution in [0.1, 0.15) is 66.9 Å². The summed E-state index contributed by atoms with van der Waals surface area (Å²) in [4.78, 5) is 23.0. The number of ketones is 1. The summed E-state index contributed by atoms with van der Waals surface area (Å²) >= 11 is 0. The highest BCUT2D eigenvalue weighted by molar-refractivity contribution is 5.96. The molecule has 2 N–H and O–H groups in total. The average Bonchev–Trinajstić information content (AvgIpc) is 3.33. The standard InChI is InChI=1S/C33H37NO5/c1-4-5-10-27(34-26-16-14-24(15-17-26)29(35)11-8-13-32(36)37)21-38-28-18-22(2)33(23(3)19-28)31-20-25-9-6-7-12-30(25)39-31/h6-7,9,12,14-20,27,34H,4-5,8,10-11,13,21H2,1-3H3,(H,36,37)/t27-/m0/s1. The van der Waals surface area contributed by atoms with Gasteiger partial charge in [0.25, 0.3) is 0 Å². The minimum Gasteiger partial charge on any atom is -0.491 e. The third-order valence-electron chi connectivity index (χ3n) is 6.91. The normalized spacial score (nSPS) is 11.9. The van der Waals surface area contributed by atoms with E-state index < -0.39 is 5.97 Å². The Morgan fingerprint density at radius 1 is 0.949 bits per heavy atom. The van der Waals surface area contributed by atoms with Gasteiger partial charge >= 0.3 is 5.97 Å². The number of nitrogens with one attached hydrogen (secondary N) is 1. The number of carbonyl (C=O) groups excluding carboxylic acids is 1. The molecule has 4 aromatic rings. The number of ether oxygens (including phenoxy) is 1. The van der Waals surface area contributed by atoms with Crippen LogP contribution in [0.25, 0.3) is 22.3 Å². The summed E-state index contributed by atoms with van der Waals surface area (Å²) in [7, 11) is 0. The Morgan fingerprint density at radius 3 is 2.33 bits per heavy atom. The number of Topliss-reactive ketones (excluding diaryl/α,β-unsaturated/α-hetero) is 1. The molecule has 0 spiro atoms. The molecule has 4 rings (SSSR count). The number of aryl methyl sites for hydroxylation is 2. The van der Waals surface area contributed by atoms with E-state index in [0.29, 0.717) is 18.6 Å². The molecule has 1 aromatic heterocycles. The number of para-hydroxylation sites is 1. The maximum absolute atomic E-state index is 12.3. The lowest BCUT2D eigenvalue weighted by molar-refractivity contribution is -0.137. The lowest BCUT2D eigenvalue weighted by Crippen LogP contribution is -2.27. The first-order valence-electron chi connectivity index (χ1n) is 13.7. The van der Waals surface area contributed by atoms with Crippen LogP contribution in [0.2, 0.25) is 0 Å². The van der Waals surface area contributed by atoms with Crippen molar-refractivity contribution >= 4 is 28.4 Å². The number of carboxylic acid groups (broad SMARTS) is 1. The van der Waals surface area contributed by atoms with Crippen molar-refractivity contribution in [3.05, 3.63) is 83.4 Å². The highest BCUT2D eigenvalue weighted by atomic mass is 16.5. The van der Waals surface area contributed by atoms with E-state index in [-0.39, 0.29) is 24.7 Å². The average molecular weight is 528 g/mol. The highest BCUT2D eigenvalue weighted by Crippen LogP contribution is 2.34. The van der Waals surface area contributed by atoms with E-state index in [0.717, 1.165) is 64.1 Å². The van der Waals surface area contributed by atoms with Crippen LogP contribution in [0.3, 0.4) is 0 Å². The van der Waals surface area contributed by atoms with Gasteiger partial charge in [-0.2, -0.15) is 0 Å². The summed E-state index contributed by atoms with van der Waals surface area (Å²) in [5.74, 6) is 0.778. The number of benzene rings is 3. The van der Waals surface area contributed by atoms with Gasteiger partial charge in [0.15, 0.2) is 5.78 Å². The predicted molar refractivity (Wildman–Crippen MR) is 156 cm³/mol. The molecule has 0 fully saturated rings. The maximum atomic E-state index is 12.3. The molecule has 39 heavy (non-hydrogen) atoms. The van der Waals surface area contributed by atoms with Crippen LogP contribution in [0.15, 0.2) is 71.1 Å². The zero-order valence-corrected chi connectivity index (χ0v) is 23.0. The van der Waals surface area contributed by atoms with Gasteiger partial charge in [-0.05, 0) is 86.3 Å². The quantitative estimate of drug-likeness (QED) is 0.161. The number of carbonyl (C=O) groups is 2. The number of fused-ring (bicyclic) bond motifs is 1. The Bertz CT molecular complexity index is 1360. The van der Waals surface area contributed by atoms with Crippen molar-refractivity contribution in [1.29, 1.82) is 0 Å². The smallest absolute Gasteiger partial charge is 0.303 e. The zero-order valence-electron chi connectivity index (χ0n) is 23.0. The lowest BCUT2D eigenvalue weighted by atomic mass is 10.00. The van der Waals surface area contributed by atoms with Gasteiger partial charge in [-0.15, -0.1) is 0 Å². The van der Waals surface area contributed by atoms with E-state index in [1.54, 1.807) is 12.1 Å². The minimum absolute atomic E-state index is 0.00612. The lowest BCUT2D eigenvalue weighted by Gasteiger charge is -2.21. The first-order valence-corrected chi connectivity index (χ1v) is 13.7. The molecule has 1 atom stereocenters. The van der Waals surface area contributed by atoms with Crippen LogP contribution in [0, 0.1) is 13.8 Å². The van der Waals surface area contributed by atoms with Crippen molar-refractivity contribution in [2.75, 3.05) is 11.9 Å². The van der Waals surface area contributed by atoms with Crippen LogP contribution in [-0.4, -0.2) is 29.5 Å². The number of furan rings is 1. The molecule has 0 saturated heterocycles. The van der Waals surface area contributed by atoms with Gasteiger partial charge in [-0.25, -0.2) is 0 Å². The Labute approximate surface area is 230 Å². The summed E-state index contributed by atoms with van der Waals surface area (Å²) < 4.78 is 12.4.